The number of benzene rings is 3. The first-order valence-electron chi connectivity index (χ1n) is 12.5. The molecule has 0 radical (unpaired) electrons. The van der Waals surface area contributed by atoms with Crippen molar-refractivity contribution in [2.75, 3.05) is 17.4 Å². The number of hydrogen-bond donors (Lipinski definition) is 1. The van der Waals surface area contributed by atoms with Crippen molar-refractivity contribution in [2.45, 2.75) is 51.6 Å². The van der Waals surface area contributed by atoms with E-state index in [1.807, 2.05) is 26.0 Å². The number of nitrogens with zero attached hydrogens (tertiary/aromatic N) is 2. The molecule has 0 spiro atoms. The van der Waals surface area contributed by atoms with Crippen LogP contribution in [0.15, 0.2) is 77.7 Å². The van der Waals surface area contributed by atoms with Gasteiger partial charge in [0, 0.05) is 18.1 Å². The summed E-state index contributed by atoms with van der Waals surface area (Å²) in [5.74, 6) is -0.808. The summed E-state index contributed by atoms with van der Waals surface area (Å²) in [6, 6.07) is 19.7. The topological polar surface area (TPSA) is 86.8 Å². The first-order valence-corrected chi connectivity index (χ1v) is 14.3. The van der Waals surface area contributed by atoms with Gasteiger partial charge in [0.25, 0.3) is 10.0 Å². The van der Waals surface area contributed by atoms with Crippen molar-refractivity contribution in [1.29, 1.82) is 0 Å². The van der Waals surface area contributed by atoms with Gasteiger partial charge in [-0.3, -0.25) is 13.9 Å². The molecule has 0 aliphatic carbocycles. The lowest BCUT2D eigenvalue weighted by atomic mass is 10.1. The number of carbonyl (C=O) groups excluding carboxylic acids is 2. The number of carbonyl (C=O) groups is 2. The van der Waals surface area contributed by atoms with Crippen LogP contribution in [0.2, 0.25) is 5.02 Å². The fourth-order valence-corrected chi connectivity index (χ4v) is 5.60. The molecular formula is C29H34ClN3O4S. The van der Waals surface area contributed by atoms with E-state index in [1.54, 1.807) is 62.4 Å². The molecule has 1 N–H and O–H groups in total. The monoisotopic (exact) mass is 555 g/mol. The van der Waals surface area contributed by atoms with Crippen molar-refractivity contribution < 1.29 is 18.0 Å². The maximum absolute atomic E-state index is 13.9. The molecule has 3 aromatic carbocycles. The number of aryl methyl sites for hydroxylation is 2. The first kappa shape index (κ1) is 29.2. The van der Waals surface area contributed by atoms with E-state index in [9.17, 15) is 18.0 Å². The number of anilines is 1. The Labute approximate surface area is 230 Å². The van der Waals surface area contributed by atoms with Crippen molar-refractivity contribution in [1.82, 2.24) is 10.2 Å². The third-order valence-corrected chi connectivity index (χ3v) is 8.25. The van der Waals surface area contributed by atoms with Crippen LogP contribution in [0.5, 0.6) is 0 Å². The van der Waals surface area contributed by atoms with Gasteiger partial charge in [-0.1, -0.05) is 61.0 Å². The number of hydrogen-bond acceptors (Lipinski definition) is 4. The van der Waals surface area contributed by atoms with E-state index >= 15 is 0 Å². The molecule has 38 heavy (non-hydrogen) atoms. The van der Waals surface area contributed by atoms with Gasteiger partial charge in [-0.25, -0.2) is 8.42 Å². The Hall–Kier alpha value is -3.36. The molecule has 3 aromatic rings. The highest BCUT2D eigenvalue weighted by molar-refractivity contribution is 7.92. The zero-order valence-corrected chi connectivity index (χ0v) is 23.7. The van der Waals surface area contributed by atoms with Crippen LogP contribution >= 0.6 is 11.6 Å². The molecule has 0 fully saturated rings. The highest BCUT2D eigenvalue weighted by Crippen LogP contribution is 2.28. The molecule has 202 valence electrons. The summed E-state index contributed by atoms with van der Waals surface area (Å²) in [5.41, 5.74) is 2.75. The molecule has 0 aromatic heterocycles. The molecule has 0 heterocycles. The van der Waals surface area contributed by atoms with E-state index in [2.05, 4.69) is 5.32 Å². The van der Waals surface area contributed by atoms with Crippen LogP contribution in [0, 0.1) is 13.8 Å². The van der Waals surface area contributed by atoms with Gasteiger partial charge in [-0.15, -0.1) is 0 Å². The van der Waals surface area contributed by atoms with E-state index in [0.29, 0.717) is 22.8 Å². The van der Waals surface area contributed by atoms with Crippen molar-refractivity contribution in [3.63, 3.8) is 0 Å². The van der Waals surface area contributed by atoms with Gasteiger partial charge in [-0.05, 0) is 74.2 Å². The maximum atomic E-state index is 13.9. The quantitative estimate of drug-likeness (QED) is 0.357. The standard InChI is InChI=1S/C29H34ClN3O4S/c1-5-17-31-29(35)23(4)32(19-24-13-15-25(30)16-14-24)28(34)20-33(27-18-21(2)11-12-22(27)3)38(36,37)26-9-7-6-8-10-26/h6-16,18,23H,5,17,19-20H2,1-4H3,(H,31,35). The largest absolute Gasteiger partial charge is 0.354 e. The van der Waals surface area contributed by atoms with E-state index < -0.39 is 28.5 Å². The van der Waals surface area contributed by atoms with E-state index in [-0.39, 0.29) is 17.3 Å². The van der Waals surface area contributed by atoms with Crippen LogP contribution in [0.1, 0.15) is 37.0 Å². The van der Waals surface area contributed by atoms with Crippen molar-refractivity contribution >= 4 is 39.1 Å². The normalized spacial score (nSPS) is 12.0. The number of amides is 2. The molecule has 0 bridgehead atoms. The number of rotatable bonds is 11. The molecule has 1 atom stereocenters. The Kier molecular flexibility index (Phi) is 9.94. The molecule has 0 aliphatic heterocycles. The third-order valence-electron chi connectivity index (χ3n) is 6.23. The van der Waals surface area contributed by atoms with Crippen molar-refractivity contribution in [2.24, 2.45) is 0 Å². The van der Waals surface area contributed by atoms with Gasteiger partial charge in [-0.2, -0.15) is 0 Å². The second kappa shape index (κ2) is 12.9. The zero-order chi connectivity index (χ0) is 27.9. The average molecular weight is 556 g/mol. The lowest BCUT2D eigenvalue weighted by molar-refractivity contribution is -0.139. The van der Waals surface area contributed by atoms with Gasteiger partial charge < -0.3 is 10.2 Å². The van der Waals surface area contributed by atoms with Crippen LogP contribution in [-0.2, 0) is 26.2 Å². The third kappa shape index (κ3) is 7.14. The van der Waals surface area contributed by atoms with Crippen LogP contribution < -0.4 is 9.62 Å². The molecule has 0 aliphatic rings. The second-order valence-corrected chi connectivity index (χ2v) is 11.5. The molecule has 0 saturated carbocycles. The number of sulfonamides is 1. The lowest BCUT2D eigenvalue weighted by Crippen LogP contribution is -2.51. The van der Waals surface area contributed by atoms with Crippen LogP contribution in [0.25, 0.3) is 0 Å². The summed E-state index contributed by atoms with van der Waals surface area (Å²) in [5, 5.41) is 3.39. The van der Waals surface area contributed by atoms with E-state index in [1.165, 1.54) is 17.0 Å². The average Bonchev–Trinajstić information content (AvgIpc) is 2.91. The molecule has 3 rings (SSSR count). The van der Waals surface area contributed by atoms with Gasteiger partial charge in [0.2, 0.25) is 11.8 Å². The minimum Gasteiger partial charge on any atom is -0.354 e. The van der Waals surface area contributed by atoms with Gasteiger partial charge in [0.15, 0.2) is 0 Å². The van der Waals surface area contributed by atoms with E-state index in [0.717, 1.165) is 21.9 Å². The van der Waals surface area contributed by atoms with Crippen molar-refractivity contribution in [3.8, 4) is 0 Å². The summed E-state index contributed by atoms with van der Waals surface area (Å²) in [6.07, 6.45) is 0.749. The maximum Gasteiger partial charge on any atom is 0.264 e. The Balaban J connectivity index is 2.04. The predicted molar refractivity (Wildman–Crippen MR) is 152 cm³/mol. The van der Waals surface area contributed by atoms with Crippen molar-refractivity contribution in [3.05, 3.63) is 94.5 Å². The zero-order valence-electron chi connectivity index (χ0n) is 22.1. The minimum absolute atomic E-state index is 0.0756. The molecule has 0 saturated heterocycles. The fraction of sp³-hybridized carbons (Fsp3) is 0.310. The summed E-state index contributed by atoms with van der Waals surface area (Å²) in [7, 11) is -4.09. The highest BCUT2D eigenvalue weighted by atomic mass is 35.5. The number of halogens is 1. The smallest absolute Gasteiger partial charge is 0.264 e. The Morgan fingerprint density at radius 3 is 2.26 bits per heavy atom. The van der Waals surface area contributed by atoms with Gasteiger partial charge in [0.05, 0.1) is 10.6 Å². The second-order valence-electron chi connectivity index (χ2n) is 9.23. The Morgan fingerprint density at radius 2 is 1.63 bits per heavy atom. The summed E-state index contributed by atoms with van der Waals surface area (Å²) < 4.78 is 28.9. The molecular weight excluding hydrogens is 522 g/mol. The fourth-order valence-electron chi connectivity index (χ4n) is 3.99. The summed E-state index contributed by atoms with van der Waals surface area (Å²) in [4.78, 5) is 28.3. The Bertz CT molecular complexity index is 1360. The molecule has 7 nitrogen and oxygen atoms in total. The first-order chi connectivity index (χ1) is 18.0. The van der Waals surface area contributed by atoms with Crippen LogP contribution in [0.3, 0.4) is 0 Å². The summed E-state index contributed by atoms with van der Waals surface area (Å²) in [6.45, 7) is 7.38. The minimum atomic E-state index is -4.09. The SMILES string of the molecule is CCCNC(=O)C(C)N(Cc1ccc(Cl)cc1)C(=O)CN(c1cc(C)ccc1C)S(=O)(=O)c1ccccc1. The molecule has 1 unspecified atom stereocenters. The van der Waals surface area contributed by atoms with Gasteiger partial charge >= 0.3 is 0 Å². The van der Waals surface area contributed by atoms with E-state index in [4.69, 9.17) is 11.6 Å². The predicted octanol–water partition coefficient (Wildman–Crippen LogP) is 5.10. The highest BCUT2D eigenvalue weighted by Gasteiger charge is 2.33. The molecule has 9 heteroatoms. The molecule has 2 amide bonds. The number of nitrogens with one attached hydrogen (secondary N) is 1. The summed E-state index contributed by atoms with van der Waals surface area (Å²) >= 11 is 6.04. The lowest BCUT2D eigenvalue weighted by Gasteiger charge is -2.32. The van der Waals surface area contributed by atoms with Gasteiger partial charge in [0.1, 0.15) is 12.6 Å². The Morgan fingerprint density at radius 1 is 0.974 bits per heavy atom. The van der Waals surface area contributed by atoms with Crippen LogP contribution in [0.4, 0.5) is 5.69 Å². The van der Waals surface area contributed by atoms with Crippen LogP contribution in [-0.4, -0.2) is 44.3 Å².